The first-order valence-electron chi connectivity index (χ1n) is 4.66. The number of hydrogen-bond donors (Lipinski definition) is 3. The third-order valence-electron chi connectivity index (χ3n) is 2.10. The number of hydrogen-bond acceptors (Lipinski definition) is 4. The monoisotopic (exact) mass is 244 g/mol. The molecule has 0 aliphatic carbocycles. The van der Waals surface area contributed by atoms with Gasteiger partial charge in [0, 0.05) is 6.20 Å². The van der Waals surface area contributed by atoms with Gasteiger partial charge in [-0.25, -0.2) is 4.98 Å². The lowest BCUT2D eigenvalue weighted by Gasteiger charge is -2.26. The zero-order valence-corrected chi connectivity index (χ0v) is 9.53. The van der Waals surface area contributed by atoms with Crippen LogP contribution < -0.4 is 5.32 Å². The largest absolute Gasteiger partial charge is 0.394 e. The number of pyridine rings is 1. The molecule has 0 aliphatic heterocycles. The second-order valence-corrected chi connectivity index (χ2v) is 4.09. The number of carbonyl (C=O) groups excluding carboxylic acids is 1. The average Bonchev–Trinajstić information content (AvgIpc) is 2.29. The highest BCUT2D eigenvalue weighted by atomic mass is 35.5. The molecule has 0 saturated heterocycles. The Kier molecular flexibility index (Phi) is 4.23. The number of aliphatic hydroxyl groups is 2. The van der Waals surface area contributed by atoms with Gasteiger partial charge in [0.25, 0.3) is 5.91 Å². The van der Waals surface area contributed by atoms with E-state index in [-0.39, 0.29) is 13.2 Å². The van der Waals surface area contributed by atoms with Gasteiger partial charge >= 0.3 is 0 Å². The molecule has 0 radical (unpaired) electrons. The zero-order chi connectivity index (χ0) is 12.2. The molecule has 16 heavy (non-hydrogen) atoms. The van der Waals surface area contributed by atoms with Crippen molar-refractivity contribution in [2.45, 2.75) is 12.5 Å². The van der Waals surface area contributed by atoms with Crippen LogP contribution in [0.5, 0.6) is 0 Å². The van der Waals surface area contributed by atoms with E-state index in [1.807, 2.05) is 0 Å². The van der Waals surface area contributed by atoms with Crippen LogP contribution in [0.3, 0.4) is 0 Å². The quantitative estimate of drug-likeness (QED) is 0.662. The van der Waals surface area contributed by atoms with Crippen LogP contribution in [0.2, 0.25) is 5.15 Å². The lowest BCUT2D eigenvalue weighted by Crippen LogP contribution is -2.51. The number of rotatable bonds is 4. The van der Waals surface area contributed by atoms with Gasteiger partial charge in [0.05, 0.1) is 24.3 Å². The van der Waals surface area contributed by atoms with Crippen molar-refractivity contribution in [3.8, 4) is 0 Å². The molecule has 0 spiro atoms. The number of aliphatic hydroxyl groups excluding tert-OH is 2. The number of halogens is 1. The van der Waals surface area contributed by atoms with Gasteiger partial charge in [0.1, 0.15) is 5.15 Å². The molecule has 6 heteroatoms. The third kappa shape index (κ3) is 3.16. The molecule has 1 aromatic rings. The molecule has 88 valence electrons. The van der Waals surface area contributed by atoms with Gasteiger partial charge in [-0.1, -0.05) is 11.6 Å². The summed E-state index contributed by atoms with van der Waals surface area (Å²) in [7, 11) is 0. The van der Waals surface area contributed by atoms with Gasteiger partial charge in [0.2, 0.25) is 0 Å². The normalized spacial score (nSPS) is 11.2. The molecule has 0 atom stereocenters. The second kappa shape index (κ2) is 5.25. The van der Waals surface area contributed by atoms with Crippen LogP contribution in [-0.2, 0) is 0 Å². The summed E-state index contributed by atoms with van der Waals surface area (Å²) in [5.74, 6) is -0.422. The molecule has 0 unspecified atom stereocenters. The molecular weight excluding hydrogens is 232 g/mol. The molecule has 0 fully saturated rings. The Morgan fingerprint density at radius 2 is 2.12 bits per heavy atom. The maximum atomic E-state index is 11.7. The van der Waals surface area contributed by atoms with E-state index >= 15 is 0 Å². The van der Waals surface area contributed by atoms with E-state index in [2.05, 4.69) is 10.3 Å². The van der Waals surface area contributed by atoms with Gasteiger partial charge in [0.15, 0.2) is 0 Å². The van der Waals surface area contributed by atoms with E-state index in [1.54, 1.807) is 0 Å². The van der Waals surface area contributed by atoms with Crippen molar-refractivity contribution in [2.75, 3.05) is 13.2 Å². The molecule has 0 saturated carbocycles. The minimum Gasteiger partial charge on any atom is -0.394 e. The van der Waals surface area contributed by atoms with Crippen LogP contribution in [0.1, 0.15) is 17.3 Å². The summed E-state index contributed by atoms with van der Waals surface area (Å²) in [6, 6.07) is 3.01. The SMILES string of the molecule is CC(CO)(CO)NC(=O)c1ccc(Cl)nc1. The van der Waals surface area contributed by atoms with Crippen molar-refractivity contribution in [1.82, 2.24) is 10.3 Å². The molecule has 0 aromatic carbocycles. The number of aromatic nitrogens is 1. The number of carbonyl (C=O) groups is 1. The Hall–Kier alpha value is -1.17. The Morgan fingerprint density at radius 1 is 1.50 bits per heavy atom. The van der Waals surface area contributed by atoms with Crippen molar-refractivity contribution in [3.63, 3.8) is 0 Å². The highest BCUT2D eigenvalue weighted by molar-refractivity contribution is 6.29. The maximum absolute atomic E-state index is 11.7. The zero-order valence-electron chi connectivity index (χ0n) is 8.77. The fraction of sp³-hybridized carbons (Fsp3) is 0.400. The molecule has 1 heterocycles. The fourth-order valence-electron chi connectivity index (χ4n) is 0.985. The van der Waals surface area contributed by atoms with Crippen molar-refractivity contribution in [2.24, 2.45) is 0 Å². The Labute approximate surface area is 98.1 Å². The second-order valence-electron chi connectivity index (χ2n) is 3.70. The first kappa shape index (κ1) is 12.9. The standard InChI is InChI=1S/C10H13ClN2O3/c1-10(5-14,6-15)13-9(16)7-2-3-8(11)12-4-7/h2-4,14-15H,5-6H2,1H3,(H,13,16). The van der Waals surface area contributed by atoms with E-state index in [0.717, 1.165) is 0 Å². The van der Waals surface area contributed by atoms with Crippen LogP contribution in [0.25, 0.3) is 0 Å². The van der Waals surface area contributed by atoms with Gasteiger partial charge < -0.3 is 15.5 Å². The van der Waals surface area contributed by atoms with Crippen molar-refractivity contribution >= 4 is 17.5 Å². The van der Waals surface area contributed by atoms with Crippen LogP contribution in [0.15, 0.2) is 18.3 Å². The first-order valence-corrected chi connectivity index (χ1v) is 5.04. The molecule has 1 rings (SSSR count). The van der Waals surface area contributed by atoms with Crippen LogP contribution >= 0.6 is 11.6 Å². The third-order valence-corrected chi connectivity index (χ3v) is 2.33. The van der Waals surface area contributed by atoms with Gasteiger partial charge in [-0.05, 0) is 19.1 Å². The topological polar surface area (TPSA) is 82.5 Å². The summed E-state index contributed by atoms with van der Waals surface area (Å²) in [6.07, 6.45) is 1.33. The fourth-order valence-corrected chi connectivity index (χ4v) is 1.10. The first-order chi connectivity index (χ1) is 7.50. The van der Waals surface area contributed by atoms with Crippen molar-refractivity contribution in [1.29, 1.82) is 0 Å². The maximum Gasteiger partial charge on any atom is 0.253 e. The minimum absolute atomic E-state index is 0.295. The van der Waals surface area contributed by atoms with Crippen LogP contribution in [0, 0.1) is 0 Å². The molecule has 0 bridgehead atoms. The Balaban J connectivity index is 2.76. The lowest BCUT2D eigenvalue weighted by atomic mass is 10.0. The van der Waals surface area contributed by atoms with E-state index < -0.39 is 11.4 Å². The highest BCUT2D eigenvalue weighted by Gasteiger charge is 2.25. The summed E-state index contributed by atoms with van der Waals surface area (Å²) in [5.41, 5.74) is -0.728. The van der Waals surface area contributed by atoms with Gasteiger partial charge in [-0.2, -0.15) is 0 Å². The number of nitrogens with zero attached hydrogens (tertiary/aromatic N) is 1. The molecule has 5 nitrogen and oxygen atoms in total. The van der Waals surface area contributed by atoms with Crippen LogP contribution in [-0.4, -0.2) is 39.9 Å². The average molecular weight is 245 g/mol. The smallest absolute Gasteiger partial charge is 0.253 e. The Morgan fingerprint density at radius 3 is 2.56 bits per heavy atom. The summed E-state index contributed by atoms with van der Waals surface area (Å²) in [6.45, 7) is 0.834. The summed E-state index contributed by atoms with van der Waals surface area (Å²) in [5, 5.41) is 20.8. The molecule has 1 amide bonds. The van der Waals surface area contributed by atoms with E-state index in [1.165, 1.54) is 25.3 Å². The molecular formula is C10H13ClN2O3. The van der Waals surface area contributed by atoms with Crippen molar-refractivity contribution in [3.05, 3.63) is 29.0 Å². The predicted octanol–water partition coefficient (Wildman–Crippen LogP) is 0.208. The highest BCUT2D eigenvalue weighted by Crippen LogP contribution is 2.07. The summed E-state index contributed by atoms with van der Waals surface area (Å²) in [4.78, 5) is 15.4. The van der Waals surface area contributed by atoms with E-state index in [4.69, 9.17) is 21.8 Å². The molecule has 3 N–H and O–H groups in total. The minimum atomic E-state index is -1.04. The summed E-state index contributed by atoms with van der Waals surface area (Å²) < 4.78 is 0. The number of nitrogens with one attached hydrogen (secondary N) is 1. The van der Waals surface area contributed by atoms with Gasteiger partial charge in [-0.15, -0.1) is 0 Å². The van der Waals surface area contributed by atoms with Crippen molar-refractivity contribution < 1.29 is 15.0 Å². The van der Waals surface area contributed by atoms with E-state index in [9.17, 15) is 4.79 Å². The number of amides is 1. The lowest BCUT2D eigenvalue weighted by molar-refractivity contribution is 0.0723. The molecule has 1 aromatic heterocycles. The molecule has 0 aliphatic rings. The van der Waals surface area contributed by atoms with Crippen LogP contribution in [0.4, 0.5) is 0 Å². The Bertz CT molecular complexity index is 363. The van der Waals surface area contributed by atoms with E-state index in [0.29, 0.717) is 10.7 Å². The van der Waals surface area contributed by atoms with Gasteiger partial charge in [-0.3, -0.25) is 4.79 Å². The summed E-state index contributed by atoms with van der Waals surface area (Å²) >= 11 is 5.58. The predicted molar refractivity (Wildman–Crippen MR) is 59.3 cm³/mol.